The van der Waals surface area contributed by atoms with Crippen molar-refractivity contribution in [2.75, 3.05) is 25.2 Å². The van der Waals surface area contributed by atoms with Gasteiger partial charge in [-0.1, -0.05) is 35.5 Å². The minimum Gasteiger partial charge on any atom is -0.325 e. The summed E-state index contributed by atoms with van der Waals surface area (Å²) >= 11 is 7.49. The van der Waals surface area contributed by atoms with Crippen LogP contribution in [0.1, 0.15) is 5.56 Å². The number of sulfonamides is 1. The van der Waals surface area contributed by atoms with E-state index < -0.39 is 10.0 Å². The summed E-state index contributed by atoms with van der Waals surface area (Å²) in [6, 6.07) is 11.8. The fourth-order valence-corrected chi connectivity index (χ4v) is 4.59. The van der Waals surface area contributed by atoms with Gasteiger partial charge in [-0.05, 0) is 42.8 Å². The van der Waals surface area contributed by atoms with Crippen LogP contribution in [0.5, 0.6) is 0 Å². The van der Waals surface area contributed by atoms with Gasteiger partial charge in [0.15, 0.2) is 5.16 Å². The fourth-order valence-electron chi connectivity index (χ4n) is 2.71. The van der Waals surface area contributed by atoms with Crippen LogP contribution in [0.2, 0.25) is 5.02 Å². The number of halogens is 1. The van der Waals surface area contributed by atoms with E-state index in [4.69, 9.17) is 11.6 Å². The number of imidazole rings is 1. The van der Waals surface area contributed by atoms with Crippen molar-refractivity contribution in [1.29, 1.82) is 0 Å². The average molecular weight is 465 g/mol. The molecule has 0 aliphatic heterocycles. The third-order valence-electron chi connectivity index (χ3n) is 4.33. The predicted octanol–water partition coefficient (Wildman–Crippen LogP) is 3.82. The van der Waals surface area contributed by atoms with Gasteiger partial charge in [0.1, 0.15) is 0 Å². The lowest BCUT2D eigenvalue weighted by Crippen LogP contribution is -2.22. The second kappa shape index (κ2) is 9.22. The van der Waals surface area contributed by atoms with Gasteiger partial charge in [-0.3, -0.25) is 9.36 Å². The first kappa shape index (κ1) is 22.4. The number of benzene rings is 2. The zero-order valence-electron chi connectivity index (χ0n) is 16.7. The van der Waals surface area contributed by atoms with E-state index in [2.05, 4.69) is 10.3 Å². The van der Waals surface area contributed by atoms with E-state index in [0.717, 1.165) is 15.6 Å². The highest BCUT2D eigenvalue weighted by molar-refractivity contribution is 7.99. The maximum absolute atomic E-state index is 12.4. The summed E-state index contributed by atoms with van der Waals surface area (Å²) in [4.78, 5) is 16.9. The van der Waals surface area contributed by atoms with Gasteiger partial charge >= 0.3 is 0 Å². The fraction of sp³-hybridized carbons (Fsp3) is 0.200. The largest absolute Gasteiger partial charge is 0.325 e. The minimum atomic E-state index is -3.57. The SMILES string of the molecule is Cc1c(Cl)cccc1-n1ccnc1SCC(=O)Nc1cccc(S(=O)(=O)N(C)C)c1. The standard InChI is InChI=1S/C20H21ClN4O3S2/c1-14-17(21)8-5-9-18(14)25-11-10-22-20(25)29-13-19(26)23-15-6-4-7-16(12-15)30(27,28)24(2)3/h4-12H,13H2,1-3H3,(H,23,26). The van der Waals surface area contributed by atoms with E-state index in [9.17, 15) is 13.2 Å². The van der Waals surface area contributed by atoms with Crippen LogP contribution in [-0.2, 0) is 14.8 Å². The smallest absolute Gasteiger partial charge is 0.242 e. The van der Waals surface area contributed by atoms with E-state index in [1.807, 2.05) is 35.9 Å². The number of carbonyl (C=O) groups excluding carboxylic acids is 1. The molecule has 2 aromatic carbocycles. The number of anilines is 1. The molecule has 0 saturated carbocycles. The van der Waals surface area contributed by atoms with Crippen molar-refractivity contribution in [2.45, 2.75) is 17.0 Å². The molecule has 0 spiro atoms. The normalized spacial score (nSPS) is 11.6. The number of carbonyl (C=O) groups is 1. The number of hydrogen-bond acceptors (Lipinski definition) is 5. The molecule has 3 aromatic rings. The van der Waals surface area contributed by atoms with Crippen molar-refractivity contribution < 1.29 is 13.2 Å². The second-order valence-corrected chi connectivity index (χ2v) is 10.1. The molecule has 0 bridgehead atoms. The number of amides is 1. The molecule has 0 aliphatic carbocycles. The molecule has 1 amide bonds. The van der Waals surface area contributed by atoms with Gasteiger partial charge in [0.2, 0.25) is 15.9 Å². The lowest BCUT2D eigenvalue weighted by molar-refractivity contribution is -0.113. The molecule has 1 N–H and O–H groups in total. The third kappa shape index (κ3) is 4.86. The summed E-state index contributed by atoms with van der Waals surface area (Å²) in [5.74, 6) is -0.154. The molecule has 1 heterocycles. The van der Waals surface area contributed by atoms with Crippen molar-refractivity contribution in [1.82, 2.24) is 13.9 Å². The van der Waals surface area contributed by atoms with Crippen molar-refractivity contribution in [3.05, 3.63) is 65.4 Å². The number of nitrogens with zero attached hydrogens (tertiary/aromatic N) is 3. The molecule has 158 valence electrons. The molecule has 1 aromatic heterocycles. The Morgan fingerprint density at radius 3 is 2.70 bits per heavy atom. The minimum absolute atomic E-state index is 0.112. The Morgan fingerprint density at radius 2 is 1.97 bits per heavy atom. The Labute approximate surface area is 185 Å². The van der Waals surface area contributed by atoms with Crippen molar-refractivity contribution in [3.63, 3.8) is 0 Å². The Balaban J connectivity index is 1.70. The van der Waals surface area contributed by atoms with Gasteiger partial charge in [0, 0.05) is 37.2 Å². The van der Waals surface area contributed by atoms with Crippen LogP contribution in [0.4, 0.5) is 5.69 Å². The first-order valence-electron chi connectivity index (χ1n) is 8.94. The highest BCUT2D eigenvalue weighted by atomic mass is 35.5. The van der Waals surface area contributed by atoms with Crippen LogP contribution < -0.4 is 5.32 Å². The quantitative estimate of drug-likeness (QED) is 0.537. The monoisotopic (exact) mass is 464 g/mol. The van der Waals surface area contributed by atoms with E-state index in [1.54, 1.807) is 18.3 Å². The Hall–Kier alpha value is -2.33. The van der Waals surface area contributed by atoms with Gasteiger partial charge in [-0.25, -0.2) is 17.7 Å². The maximum atomic E-state index is 12.4. The van der Waals surface area contributed by atoms with Crippen LogP contribution in [0.25, 0.3) is 5.69 Å². The Bertz CT molecular complexity index is 1180. The molecule has 0 radical (unpaired) electrons. The first-order chi connectivity index (χ1) is 14.2. The molecule has 0 aliphatic rings. The lowest BCUT2D eigenvalue weighted by Gasteiger charge is -2.13. The predicted molar refractivity (Wildman–Crippen MR) is 120 cm³/mol. The molecule has 7 nitrogen and oxygen atoms in total. The second-order valence-electron chi connectivity index (χ2n) is 6.62. The average Bonchev–Trinajstić information content (AvgIpc) is 3.17. The summed E-state index contributed by atoms with van der Waals surface area (Å²) in [5, 5.41) is 4.04. The molecule has 0 saturated heterocycles. The zero-order chi connectivity index (χ0) is 21.9. The summed E-state index contributed by atoms with van der Waals surface area (Å²) in [6.45, 7) is 1.92. The molecule has 10 heteroatoms. The van der Waals surface area contributed by atoms with Crippen molar-refractivity contribution in [3.8, 4) is 5.69 Å². The first-order valence-corrected chi connectivity index (χ1v) is 11.7. The molecule has 30 heavy (non-hydrogen) atoms. The zero-order valence-corrected chi connectivity index (χ0v) is 19.1. The van der Waals surface area contributed by atoms with Crippen molar-refractivity contribution >= 4 is 45.0 Å². The van der Waals surface area contributed by atoms with Gasteiger partial charge in [0.25, 0.3) is 0 Å². The molecule has 0 unspecified atom stereocenters. The van der Waals surface area contributed by atoms with Gasteiger partial charge in [-0.2, -0.15) is 0 Å². The van der Waals surface area contributed by atoms with Crippen LogP contribution in [-0.4, -0.2) is 48.0 Å². The third-order valence-corrected chi connectivity index (χ3v) is 7.52. The maximum Gasteiger partial charge on any atom is 0.242 e. The van der Waals surface area contributed by atoms with E-state index >= 15 is 0 Å². The Morgan fingerprint density at radius 1 is 1.23 bits per heavy atom. The molecule has 3 rings (SSSR count). The lowest BCUT2D eigenvalue weighted by atomic mass is 10.2. The summed E-state index contributed by atoms with van der Waals surface area (Å²) in [6.07, 6.45) is 3.48. The highest BCUT2D eigenvalue weighted by Gasteiger charge is 2.18. The van der Waals surface area contributed by atoms with E-state index in [0.29, 0.717) is 15.9 Å². The molecular formula is C20H21ClN4O3S2. The summed E-state index contributed by atoms with van der Waals surface area (Å²) < 4.78 is 27.5. The van der Waals surface area contributed by atoms with Crippen molar-refractivity contribution in [2.24, 2.45) is 0 Å². The summed E-state index contributed by atoms with van der Waals surface area (Å²) in [5.41, 5.74) is 2.23. The number of hydrogen-bond donors (Lipinski definition) is 1. The molecular weight excluding hydrogens is 444 g/mol. The Kier molecular flexibility index (Phi) is 6.87. The van der Waals surface area contributed by atoms with Gasteiger partial charge in [-0.15, -0.1) is 0 Å². The highest BCUT2D eigenvalue weighted by Crippen LogP contribution is 2.27. The molecule has 0 fully saturated rings. The number of aromatic nitrogens is 2. The van der Waals surface area contributed by atoms with Gasteiger partial charge in [0.05, 0.1) is 16.3 Å². The van der Waals surface area contributed by atoms with Gasteiger partial charge < -0.3 is 5.32 Å². The van der Waals surface area contributed by atoms with Crippen LogP contribution in [0, 0.1) is 6.92 Å². The topological polar surface area (TPSA) is 84.3 Å². The van der Waals surface area contributed by atoms with Crippen LogP contribution in [0.15, 0.2) is 64.9 Å². The van der Waals surface area contributed by atoms with Crippen LogP contribution >= 0.6 is 23.4 Å². The van der Waals surface area contributed by atoms with Crippen LogP contribution in [0.3, 0.4) is 0 Å². The number of rotatable bonds is 7. The van der Waals surface area contributed by atoms with E-state index in [1.165, 1.54) is 38.0 Å². The number of thioether (sulfide) groups is 1. The van der Waals surface area contributed by atoms with E-state index in [-0.39, 0.29) is 16.6 Å². The molecule has 0 atom stereocenters. The number of nitrogens with one attached hydrogen (secondary N) is 1. The summed E-state index contributed by atoms with van der Waals surface area (Å²) in [7, 11) is -0.656.